The van der Waals surface area contributed by atoms with Gasteiger partial charge in [0.05, 0.1) is 23.7 Å². The maximum atomic E-state index is 12.1. The van der Waals surface area contributed by atoms with E-state index in [1.165, 1.54) is 0 Å². The number of nitrogens with zero attached hydrogens (tertiary/aromatic N) is 3. The molecule has 1 aromatic rings. The zero-order chi connectivity index (χ0) is 14.9. The number of nitrogens with one attached hydrogen (secondary N) is 2. The molecule has 3 heterocycles. The minimum atomic E-state index is -3.00. The van der Waals surface area contributed by atoms with Gasteiger partial charge in [0, 0.05) is 6.04 Å². The van der Waals surface area contributed by atoms with Crippen molar-refractivity contribution in [3.8, 4) is 0 Å². The highest BCUT2D eigenvalue weighted by Crippen LogP contribution is 2.17. The van der Waals surface area contributed by atoms with Crippen molar-refractivity contribution in [3.63, 3.8) is 0 Å². The number of amides is 1. The number of rotatable bonds is 3. The molecule has 2 aliphatic rings. The summed E-state index contributed by atoms with van der Waals surface area (Å²) in [5.74, 6) is -0.196. The zero-order valence-corrected chi connectivity index (χ0v) is 12.5. The van der Waals surface area contributed by atoms with Gasteiger partial charge in [-0.05, 0) is 32.4 Å². The molecule has 0 spiro atoms. The lowest BCUT2D eigenvalue weighted by molar-refractivity contribution is 0.0936. The van der Waals surface area contributed by atoms with Gasteiger partial charge >= 0.3 is 0 Å². The monoisotopic (exact) mass is 313 g/mol. The van der Waals surface area contributed by atoms with E-state index in [0.717, 1.165) is 25.9 Å². The molecule has 2 aliphatic heterocycles. The van der Waals surface area contributed by atoms with Gasteiger partial charge < -0.3 is 10.6 Å². The maximum Gasteiger partial charge on any atom is 0.273 e. The van der Waals surface area contributed by atoms with Crippen LogP contribution < -0.4 is 10.6 Å². The van der Waals surface area contributed by atoms with Crippen LogP contribution in [0.1, 0.15) is 35.8 Å². The van der Waals surface area contributed by atoms with E-state index < -0.39 is 9.84 Å². The molecule has 2 saturated heterocycles. The number of carbonyl (C=O) groups excluding carboxylic acids is 1. The fourth-order valence-electron chi connectivity index (χ4n) is 2.80. The molecule has 2 N–H and O–H groups in total. The topological polar surface area (TPSA) is 106 Å². The molecule has 2 fully saturated rings. The predicted octanol–water partition coefficient (Wildman–Crippen LogP) is -0.880. The van der Waals surface area contributed by atoms with Gasteiger partial charge in [-0.3, -0.25) is 4.79 Å². The molecule has 1 atom stereocenters. The Balaban J connectivity index is 1.61. The molecule has 0 radical (unpaired) electrons. The van der Waals surface area contributed by atoms with Crippen molar-refractivity contribution < 1.29 is 13.2 Å². The quantitative estimate of drug-likeness (QED) is 0.750. The van der Waals surface area contributed by atoms with Crippen LogP contribution in [0.3, 0.4) is 0 Å². The van der Waals surface area contributed by atoms with Gasteiger partial charge in [0.15, 0.2) is 15.5 Å². The Bertz CT molecular complexity index is 621. The second kappa shape index (κ2) is 5.72. The highest BCUT2D eigenvalue weighted by molar-refractivity contribution is 7.91. The van der Waals surface area contributed by atoms with E-state index in [9.17, 15) is 13.2 Å². The van der Waals surface area contributed by atoms with Crippen LogP contribution in [0.15, 0.2) is 6.20 Å². The van der Waals surface area contributed by atoms with Crippen molar-refractivity contribution in [2.24, 2.45) is 0 Å². The standard InChI is InChI=1S/C12H19N5O3S/c18-12(14-9-3-6-21(19,20)8-9)11-7-17(16-15-11)10-1-4-13-5-2-10/h7,9-10,13H,1-6,8H2,(H,14,18). The van der Waals surface area contributed by atoms with Crippen LogP contribution >= 0.6 is 0 Å². The number of sulfone groups is 1. The van der Waals surface area contributed by atoms with Crippen LogP contribution in [-0.4, -0.2) is 60.0 Å². The van der Waals surface area contributed by atoms with Crippen LogP contribution in [-0.2, 0) is 9.84 Å². The fraction of sp³-hybridized carbons (Fsp3) is 0.750. The van der Waals surface area contributed by atoms with E-state index in [0.29, 0.717) is 6.42 Å². The third kappa shape index (κ3) is 3.41. The maximum absolute atomic E-state index is 12.1. The van der Waals surface area contributed by atoms with Gasteiger partial charge in [0.25, 0.3) is 5.91 Å². The summed E-state index contributed by atoms with van der Waals surface area (Å²) in [6, 6.07) is -0.0429. The Hall–Kier alpha value is -1.48. The van der Waals surface area contributed by atoms with Crippen molar-refractivity contribution in [1.82, 2.24) is 25.6 Å². The first kappa shape index (κ1) is 14.5. The molecule has 0 aliphatic carbocycles. The molecule has 0 aromatic carbocycles. The highest BCUT2D eigenvalue weighted by Gasteiger charge is 2.30. The van der Waals surface area contributed by atoms with Crippen LogP contribution in [0.4, 0.5) is 0 Å². The normalized spacial score (nSPS) is 25.8. The van der Waals surface area contributed by atoms with Crippen LogP contribution in [0.5, 0.6) is 0 Å². The number of carbonyl (C=O) groups is 1. The molecule has 3 rings (SSSR count). The molecule has 9 heteroatoms. The van der Waals surface area contributed by atoms with E-state index in [1.54, 1.807) is 10.9 Å². The molecule has 21 heavy (non-hydrogen) atoms. The van der Waals surface area contributed by atoms with E-state index in [1.807, 2.05) is 0 Å². The van der Waals surface area contributed by atoms with Crippen molar-refractivity contribution >= 4 is 15.7 Å². The largest absolute Gasteiger partial charge is 0.347 e. The second-order valence-corrected chi connectivity index (χ2v) is 7.87. The summed E-state index contributed by atoms with van der Waals surface area (Å²) in [4.78, 5) is 12.1. The average Bonchev–Trinajstić information content (AvgIpc) is 3.07. The number of aromatic nitrogens is 3. The van der Waals surface area contributed by atoms with Crippen molar-refractivity contribution in [2.75, 3.05) is 24.6 Å². The van der Waals surface area contributed by atoms with Crippen molar-refractivity contribution in [2.45, 2.75) is 31.3 Å². The predicted molar refractivity (Wildman–Crippen MR) is 75.7 cm³/mol. The Morgan fingerprint density at radius 3 is 2.76 bits per heavy atom. The van der Waals surface area contributed by atoms with Crippen molar-refractivity contribution in [1.29, 1.82) is 0 Å². The lowest BCUT2D eigenvalue weighted by atomic mass is 10.1. The Morgan fingerprint density at radius 2 is 2.10 bits per heavy atom. The first-order valence-corrected chi connectivity index (χ1v) is 8.99. The summed E-state index contributed by atoms with van der Waals surface area (Å²) in [6.07, 6.45) is 4.04. The number of hydrogen-bond acceptors (Lipinski definition) is 6. The number of hydrogen-bond donors (Lipinski definition) is 2. The number of piperidine rings is 1. The molecular weight excluding hydrogens is 294 g/mol. The van der Waals surface area contributed by atoms with Gasteiger partial charge in [-0.25, -0.2) is 13.1 Å². The molecule has 0 saturated carbocycles. The van der Waals surface area contributed by atoms with E-state index in [4.69, 9.17) is 0 Å². The lowest BCUT2D eigenvalue weighted by Gasteiger charge is -2.22. The third-order valence-corrected chi connectivity index (χ3v) is 5.76. The zero-order valence-electron chi connectivity index (χ0n) is 11.7. The van der Waals surface area contributed by atoms with Crippen LogP contribution in [0, 0.1) is 0 Å². The Morgan fingerprint density at radius 1 is 1.33 bits per heavy atom. The molecule has 1 aromatic heterocycles. The SMILES string of the molecule is O=C(NC1CCS(=O)(=O)C1)c1cn(C2CCNCC2)nn1. The second-order valence-electron chi connectivity index (χ2n) is 5.64. The first-order valence-electron chi connectivity index (χ1n) is 7.17. The summed E-state index contributed by atoms with van der Waals surface area (Å²) in [7, 11) is -3.00. The van der Waals surface area contributed by atoms with Crippen LogP contribution in [0.25, 0.3) is 0 Å². The molecular formula is C12H19N5O3S. The van der Waals surface area contributed by atoms with Crippen LogP contribution in [0.2, 0.25) is 0 Å². The van der Waals surface area contributed by atoms with Gasteiger partial charge in [0.2, 0.25) is 0 Å². The molecule has 8 nitrogen and oxygen atoms in total. The van der Waals surface area contributed by atoms with Gasteiger partial charge in [-0.15, -0.1) is 5.10 Å². The van der Waals surface area contributed by atoms with Crippen molar-refractivity contribution in [3.05, 3.63) is 11.9 Å². The molecule has 1 unspecified atom stereocenters. The minimum Gasteiger partial charge on any atom is -0.347 e. The van der Waals surface area contributed by atoms with E-state index in [-0.39, 0.29) is 35.2 Å². The smallest absolute Gasteiger partial charge is 0.273 e. The lowest BCUT2D eigenvalue weighted by Crippen LogP contribution is -2.35. The Labute approximate surface area is 123 Å². The Kier molecular flexibility index (Phi) is 3.94. The molecule has 1 amide bonds. The fourth-order valence-corrected chi connectivity index (χ4v) is 4.47. The highest BCUT2D eigenvalue weighted by atomic mass is 32.2. The molecule has 0 bridgehead atoms. The third-order valence-electron chi connectivity index (χ3n) is 3.99. The summed E-state index contributed by atoms with van der Waals surface area (Å²) in [5, 5.41) is 13.9. The van der Waals surface area contributed by atoms with Gasteiger partial charge in [-0.2, -0.15) is 0 Å². The van der Waals surface area contributed by atoms with E-state index in [2.05, 4.69) is 20.9 Å². The first-order chi connectivity index (χ1) is 10.0. The average molecular weight is 313 g/mol. The van der Waals surface area contributed by atoms with Gasteiger partial charge in [0.1, 0.15) is 0 Å². The summed E-state index contributed by atoms with van der Waals surface area (Å²) in [6.45, 7) is 1.87. The van der Waals surface area contributed by atoms with Gasteiger partial charge in [-0.1, -0.05) is 5.21 Å². The summed E-state index contributed by atoms with van der Waals surface area (Å²) < 4.78 is 24.5. The molecule has 116 valence electrons. The summed E-state index contributed by atoms with van der Waals surface area (Å²) in [5.41, 5.74) is 0.248. The van der Waals surface area contributed by atoms with E-state index >= 15 is 0 Å². The summed E-state index contributed by atoms with van der Waals surface area (Å²) >= 11 is 0. The minimum absolute atomic E-state index is 0.0151.